The molecule has 0 aliphatic rings. The quantitative estimate of drug-likeness (QED) is 0.943. The highest BCUT2D eigenvalue weighted by molar-refractivity contribution is 7.90. The molecule has 5 heteroatoms. The largest absolute Gasteiger partial charge is 0.309 e. The van der Waals surface area contributed by atoms with Gasteiger partial charge in [0.15, 0.2) is 9.84 Å². The van der Waals surface area contributed by atoms with Crippen molar-refractivity contribution >= 4 is 21.2 Å². The molecule has 1 unspecified atom stereocenters. The van der Waals surface area contributed by atoms with Crippen LogP contribution in [0.15, 0.2) is 40.6 Å². The molecule has 0 saturated heterocycles. The lowest BCUT2D eigenvalue weighted by atomic mass is 10.0. The van der Waals surface area contributed by atoms with Crippen LogP contribution >= 0.6 is 11.3 Å². The van der Waals surface area contributed by atoms with Gasteiger partial charge < -0.3 is 5.32 Å². The van der Waals surface area contributed by atoms with E-state index in [1.54, 1.807) is 29.5 Å². The van der Waals surface area contributed by atoms with Gasteiger partial charge in [0.05, 0.1) is 10.9 Å². The van der Waals surface area contributed by atoms with Gasteiger partial charge in [-0.1, -0.05) is 12.1 Å². The van der Waals surface area contributed by atoms with E-state index in [0.29, 0.717) is 4.90 Å². The molecule has 0 amide bonds. The summed E-state index contributed by atoms with van der Waals surface area (Å²) < 4.78 is 23.2. The van der Waals surface area contributed by atoms with E-state index >= 15 is 0 Å². The SMILES string of the molecule is CNC(c1cccc(S(C)(=O)=O)c1)c1csc(C)c1. The normalized spacial score (nSPS) is 13.4. The third kappa shape index (κ3) is 3.23. The van der Waals surface area contributed by atoms with E-state index in [1.807, 2.05) is 13.1 Å². The molecule has 0 spiro atoms. The van der Waals surface area contributed by atoms with Gasteiger partial charge in [0, 0.05) is 11.1 Å². The number of thiophene rings is 1. The van der Waals surface area contributed by atoms with Crippen LogP contribution < -0.4 is 5.32 Å². The van der Waals surface area contributed by atoms with Gasteiger partial charge in [0.25, 0.3) is 0 Å². The molecule has 3 nitrogen and oxygen atoms in total. The molecule has 0 aliphatic heterocycles. The molecule has 1 aromatic carbocycles. The fourth-order valence-electron chi connectivity index (χ4n) is 2.07. The predicted octanol–water partition coefficient (Wildman–Crippen LogP) is 2.77. The zero-order chi connectivity index (χ0) is 14.0. The van der Waals surface area contributed by atoms with Gasteiger partial charge >= 0.3 is 0 Å². The molecular weight excluding hydrogens is 278 g/mol. The monoisotopic (exact) mass is 295 g/mol. The second-order valence-corrected chi connectivity index (χ2v) is 7.69. The Morgan fingerprint density at radius 3 is 2.47 bits per heavy atom. The van der Waals surface area contributed by atoms with Crippen LogP contribution in [0.2, 0.25) is 0 Å². The van der Waals surface area contributed by atoms with Crippen LogP contribution in [0.3, 0.4) is 0 Å². The number of hydrogen-bond donors (Lipinski definition) is 1. The Kier molecular flexibility index (Phi) is 4.08. The average molecular weight is 295 g/mol. The first-order chi connectivity index (χ1) is 8.91. The van der Waals surface area contributed by atoms with E-state index in [0.717, 1.165) is 11.1 Å². The van der Waals surface area contributed by atoms with E-state index < -0.39 is 9.84 Å². The molecule has 102 valence electrons. The summed E-state index contributed by atoms with van der Waals surface area (Å²) >= 11 is 1.69. The Hall–Kier alpha value is -1.17. The third-order valence-corrected chi connectivity index (χ3v) is 4.98. The fraction of sp³-hybridized carbons (Fsp3) is 0.286. The summed E-state index contributed by atoms with van der Waals surface area (Å²) in [5, 5.41) is 5.34. The standard InChI is InChI=1S/C14H17NO2S2/c1-10-7-12(9-18-10)14(15-2)11-5-4-6-13(8-11)19(3,16)17/h4-9,14-15H,1-3H3. The van der Waals surface area contributed by atoms with Crippen molar-refractivity contribution in [1.29, 1.82) is 0 Å². The Morgan fingerprint density at radius 2 is 1.95 bits per heavy atom. The van der Waals surface area contributed by atoms with Crippen LogP contribution in [-0.2, 0) is 9.84 Å². The van der Waals surface area contributed by atoms with Crippen LogP contribution in [0.5, 0.6) is 0 Å². The Labute approximate surface area is 118 Å². The zero-order valence-corrected chi connectivity index (χ0v) is 12.8. The molecule has 19 heavy (non-hydrogen) atoms. The van der Waals surface area contributed by atoms with Crippen molar-refractivity contribution in [2.45, 2.75) is 17.9 Å². The van der Waals surface area contributed by atoms with E-state index in [9.17, 15) is 8.42 Å². The van der Waals surface area contributed by atoms with Gasteiger partial charge in [-0.2, -0.15) is 0 Å². The highest BCUT2D eigenvalue weighted by Gasteiger charge is 2.15. The summed E-state index contributed by atoms with van der Waals surface area (Å²) in [6, 6.07) is 9.25. The second kappa shape index (κ2) is 5.45. The van der Waals surface area contributed by atoms with E-state index in [2.05, 4.69) is 23.7 Å². The van der Waals surface area contributed by atoms with Crippen LogP contribution in [0, 0.1) is 6.92 Å². The molecule has 1 heterocycles. The average Bonchev–Trinajstić information content (AvgIpc) is 2.76. The second-order valence-electron chi connectivity index (χ2n) is 4.56. The van der Waals surface area contributed by atoms with Crippen molar-refractivity contribution in [3.63, 3.8) is 0 Å². The van der Waals surface area contributed by atoms with Gasteiger partial charge in [-0.05, 0) is 48.7 Å². The van der Waals surface area contributed by atoms with Gasteiger partial charge in [0.2, 0.25) is 0 Å². The first-order valence-electron chi connectivity index (χ1n) is 5.94. The van der Waals surface area contributed by atoms with Crippen molar-refractivity contribution in [2.24, 2.45) is 0 Å². The molecular formula is C14H17NO2S2. The summed E-state index contributed by atoms with van der Waals surface area (Å²) in [5.41, 5.74) is 2.12. The first kappa shape index (κ1) is 14.2. The van der Waals surface area contributed by atoms with Crippen molar-refractivity contribution in [2.75, 3.05) is 13.3 Å². The summed E-state index contributed by atoms with van der Waals surface area (Å²) in [6.07, 6.45) is 1.23. The van der Waals surface area contributed by atoms with Gasteiger partial charge in [-0.25, -0.2) is 8.42 Å². The third-order valence-electron chi connectivity index (χ3n) is 2.99. The molecule has 2 rings (SSSR count). The van der Waals surface area contributed by atoms with Crippen molar-refractivity contribution < 1.29 is 8.42 Å². The molecule has 1 aromatic heterocycles. The van der Waals surface area contributed by atoms with Crippen LogP contribution in [0.4, 0.5) is 0 Å². The Bertz CT molecular complexity index is 674. The maximum atomic E-state index is 11.6. The van der Waals surface area contributed by atoms with Crippen LogP contribution in [0.25, 0.3) is 0 Å². The van der Waals surface area contributed by atoms with E-state index in [4.69, 9.17) is 0 Å². The lowest BCUT2D eigenvalue weighted by Gasteiger charge is -2.16. The van der Waals surface area contributed by atoms with Crippen molar-refractivity contribution in [3.05, 3.63) is 51.7 Å². The lowest BCUT2D eigenvalue weighted by Crippen LogP contribution is -2.17. The molecule has 2 aromatic rings. The molecule has 1 N–H and O–H groups in total. The Morgan fingerprint density at radius 1 is 1.21 bits per heavy atom. The number of hydrogen-bond acceptors (Lipinski definition) is 4. The number of sulfone groups is 1. The fourth-order valence-corrected chi connectivity index (χ4v) is 3.47. The molecule has 0 fully saturated rings. The number of aryl methyl sites for hydroxylation is 1. The maximum Gasteiger partial charge on any atom is 0.175 e. The smallest absolute Gasteiger partial charge is 0.175 e. The van der Waals surface area contributed by atoms with E-state index in [-0.39, 0.29) is 6.04 Å². The molecule has 0 aliphatic carbocycles. The van der Waals surface area contributed by atoms with Gasteiger partial charge in [-0.3, -0.25) is 0 Å². The summed E-state index contributed by atoms with van der Waals surface area (Å²) in [5.74, 6) is 0. The highest BCUT2D eigenvalue weighted by Crippen LogP contribution is 2.27. The minimum absolute atomic E-state index is 0.0200. The van der Waals surface area contributed by atoms with E-state index in [1.165, 1.54) is 11.1 Å². The minimum atomic E-state index is -3.17. The van der Waals surface area contributed by atoms with Gasteiger partial charge in [0.1, 0.15) is 0 Å². The van der Waals surface area contributed by atoms with Crippen LogP contribution in [0.1, 0.15) is 22.0 Å². The lowest BCUT2D eigenvalue weighted by molar-refractivity contribution is 0.601. The summed E-state index contributed by atoms with van der Waals surface area (Å²) in [6.45, 7) is 2.06. The summed E-state index contributed by atoms with van der Waals surface area (Å²) in [7, 11) is -1.29. The summed E-state index contributed by atoms with van der Waals surface area (Å²) in [4.78, 5) is 1.60. The predicted molar refractivity (Wildman–Crippen MR) is 79.5 cm³/mol. The first-order valence-corrected chi connectivity index (χ1v) is 8.71. The van der Waals surface area contributed by atoms with Gasteiger partial charge in [-0.15, -0.1) is 11.3 Å². The molecule has 0 radical (unpaired) electrons. The number of benzene rings is 1. The van der Waals surface area contributed by atoms with Crippen molar-refractivity contribution in [1.82, 2.24) is 5.32 Å². The molecule has 0 saturated carbocycles. The molecule has 0 bridgehead atoms. The minimum Gasteiger partial charge on any atom is -0.309 e. The maximum absolute atomic E-state index is 11.6. The number of rotatable bonds is 4. The number of nitrogens with one attached hydrogen (secondary N) is 1. The zero-order valence-electron chi connectivity index (χ0n) is 11.2. The topological polar surface area (TPSA) is 46.2 Å². The Balaban J connectivity index is 2.45. The van der Waals surface area contributed by atoms with Crippen molar-refractivity contribution in [3.8, 4) is 0 Å². The van der Waals surface area contributed by atoms with Crippen LogP contribution in [-0.4, -0.2) is 21.7 Å². The highest BCUT2D eigenvalue weighted by atomic mass is 32.2. The molecule has 1 atom stereocenters.